The fourth-order valence-electron chi connectivity index (χ4n) is 2.59. The van der Waals surface area contributed by atoms with E-state index >= 15 is 0 Å². The van der Waals surface area contributed by atoms with E-state index in [2.05, 4.69) is 0 Å². The molecule has 0 aromatic carbocycles. The number of amides is 1. The maximum Gasteiger partial charge on any atom is 0.219 e. The molecule has 0 unspecified atom stereocenters. The van der Waals surface area contributed by atoms with Crippen molar-refractivity contribution in [3.63, 3.8) is 0 Å². The van der Waals surface area contributed by atoms with Gasteiger partial charge in [0, 0.05) is 13.5 Å². The van der Waals surface area contributed by atoms with Crippen molar-refractivity contribution in [2.45, 2.75) is 43.8 Å². The van der Waals surface area contributed by atoms with Crippen LogP contribution in [0.3, 0.4) is 0 Å². The zero-order chi connectivity index (χ0) is 11.9. The largest absolute Gasteiger partial charge is 0.394 e. The number of ether oxygens (including phenoxy) is 1. The predicted octanol–water partition coefficient (Wildman–Crippen LogP) is -1.91. The van der Waals surface area contributed by atoms with Gasteiger partial charge in [0.15, 0.2) is 0 Å². The highest BCUT2D eigenvalue weighted by Gasteiger charge is 2.50. The standard InChI is InChI=1S/C10H17NO5/c1-5(13)11-3-2-6-8(11)10(15)9(14)7(4-12)16-6/h6-10,12,14-15H,2-4H2,1H3/t6-,7+,8-,9-,10+/m0/s1. The Morgan fingerprint density at radius 3 is 2.69 bits per heavy atom. The molecule has 92 valence electrons. The molecule has 0 aliphatic carbocycles. The lowest BCUT2D eigenvalue weighted by molar-refractivity contribution is -0.198. The maximum atomic E-state index is 11.3. The van der Waals surface area contributed by atoms with Crippen LogP contribution < -0.4 is 0 Å². The average Bonchev–Trinajstić information content (AvgIpc) is 2.67. The van der Waals surface area contributed by atoms with Crippen molar-refractivity contribution in [3.8, 4) is 0 Å². The summed E-state index contributed by atoms with van der Waals surface area (Å²) in [4.78, 5) is 12.9. The molecule has 5 atom stereocenters. The van der Waals surface area contributed by atoms with Crippen LogP contribution in [-0.2, 0) is 9.53 Å². The Morgan fingerprint density at radius 1 is 1.44 bits per heavy atom. The molecule has 2 heterocycles. The zero-order valence-electron chi connectivity index (χ0n) is 9.11. The quantitative estimate of drug-likeness (QED) is 0.490. The van der Waals surface area contributed by atoms with Gasteiger partial charge in [0.25, 0.3) is 0 Å². The summed E-state index contributed by atoms with van der Waals surface area (Å²) in [5, 5.41) is 28.6. The number of fused-ring (bicyclic) bond motifs is 1. The van der Waals surface area contributed by atoms with Gasteiger partial charge in [-0.05, 0) is 6.42 Å². The minimum atomic E-state index is -1.15. The van der Waals surface area contributed by atoms with Gasteiger partial charge >= 0.3 is 0 Å². The summed E-state index contributed by atoms with van der Waals surface area (Å²) in [6.45, 7) is 1.62. The van der Waals surface area contributed by atoms with Gasteiger partial charge < -0.3 is 25.0 Å². The third-order valence-electron chi connectivity index (χ3n) is 3.41. The number of aliphatic hydroxyl groups excluding tert-OH is 3. The van der Waals surface area contributed by atoms with Crippen LogP contribution in [0.1, 0.15) is 13.3 Å². The first kappa shape index (κ1) is 11.8. The van der Waals surface area contributed by atoms with Crippen molar-refractivity contribution in [2.24, 2.45) is 0 Å². The lowest BCUT2D eigenvalue weighted by atomic mass is 9.93. The molecule has 2 aliphatic rings. The van der Waals surface area contributed by atoms with Crippen LogP contribution in [-0.4, -0.2) is 69.7 Å². The Balaban J connectivity index is 2.17. The van der Waals surface area contributed by atoms with E-state index in [1.165, 1.54) is 11.8 Å². The van der Waals surface area contributed by atoms with Crippen LogP contribution in [0.15, 0.2) is 0 Å². The number of carbonyl (C=O) groups is 1. The van der Waals surface area contributed by atoms with Gasteiger partial charge in [-0.15, -0.1) is 0 Å². The molecule has 6 nitrogen and oxygen atoms in total. The van der Waals surface area contributed by atoms with Crippen molar-refractivity contribution in [3.05, 3.63) is 0 Å². The molecule has 0 spiro atoms. The van der Waals surface area contributed by atoms with Crippen LogP contribution in [0, 0.1) is 0 Å². The Bertz CT molecular complexity index is 284. The minimum Gasteiger partial charge on any atom is -0.394 e. The van der Waals surface area contributed by atoms with E-state index in [1.807, 2.05) is 0 Å². The molecule has 0 aromatic rings. The van der Waals surface area contributed by atoms with E-state index in [4.69, 9.17) is 9.84 Å². The maximum absolute atomic E-state index is 11.3. The third kappa shape index (κ3) is 1.71. The molecule has 2 rings (SSSR count). The summed E-state index contributed by atoms with van der Waals surface area (Å²) in [5.74, 6) is -0.134. The highest BCUT2D eigenvalue weighted by molar-refractivity contribution is 5.74. The summed E-state index contributed by atoms with van der Waals surface area (Å²) >= 11 is 0. The Hall–Kier alpha value is -0.690. The van der Waals surface area contributed by atoms with E-state index in [0.29, 0.717) is 13.0 Å². The number of carbonyl (C=O) groups excluding carboxylic acids is 1. The lowest BCUT2D eigenvalue weighted by Crippen LogP contribution is -2.61. The number of hydrogen-bond donors (Lipinski definition) is 3. The smallest absolute Gasteiger partial charge is 0.219 e. The van der Waals surface area contributed by atoms with Crippen LogP contribution in [0.4, 0.5) is 0 Å². The van der Waals surface area contributed by atoms with E-state index in [1.54, 1.807) is 0 Å². The van der Waals surface area contributed by atoms with Crippen LogP contribution in [0.5, 0.6) is 0 Å². The zero-order valence-corrected chi connectivity index (χ0v) is 9.11. The molecule has 0 saturated carbocycles. The molecule has 0 aromatic heterocycles. The van der Waals surface area contributed by atoms with Crippen molar-refractivity contribution >= 4 is 5.91 Å². The molecule has 6 heteroatoms. The van der Waals surface area contributed by atoms with Crippen molar-refractivity contribution in [2.75, 3.05) is 13.2 Å². The fraction of sp³-hybridized carbons (Fsp3) is 0.900. The van der Waals surface area contributed by atoms with E-state index in [0.717, 1.165) is 0 Å². The summed E-state index contributed by atoms with van der Waals surface area (Å²) in [6.07, 6.45) is -2.62. The van der Waals surface area contributed by atoms with Crippen LogP contribution in [0.25, 0.3) is 0 Å². The van der Waals surface area contributed by atoms with Gasteiger partial charge in [0.1, 0.15) is 18.3 Å². The van der Waals surface area contributed by atoms with Gasteiger partial charge in [-0.3, -0.25) is 4.79 Å². The molecule has 3 N–H and O–H groups in total. The number of likely N-dealkylation sites (tertiary alicyclic amines) is 1. The van der Waals surface area contributed by atoms with E-state index < -0.39 is 24.4 Å². The van der Waals surface area contributed by atoms with E-state index in [9.17, 15) is 15.0 Å². The molecular formula is C10H17NO5. The summed E-state index contributed by atoms with van der Waals surface area (Å²) < 4.78 is 5.47. The second-order valence-electron chi connectivity index (χ2n) is 4.37. The summed E-state index contributed by atoms with van der Waals surface area (Å²) in [7, 11) is 0. The van der Waals surface area contributed by atoms with Gasteiger partial charge in [-0.2, -0.15) is 0 Å². The second-order valence-corrected chi connectivity index (χ2v) is 4.37. The van der Waals surface area contributed by atoms with Gasteiger partial charge in [-0.1, -0.05) is 0 Å². The summed E-state index contributed by atoms with van der Waals surface area (Å²) in [5.41, 5.74) is 0. The second kappa shape index (κ2) is 4.29. The normalized spacial score (nSPS) is 43.2. The number of rotatable bonds is 1. The Morgan fingerprint density at radius 2 is 2.12 bits per heavy atom. The summed E-state index contributed by atoms with van der Waals surface area (Å²) in [6, 6.07) is -0.490. The van der Waals surface area contributed by atoms with E-state index in [-0.39, 0.29) is 18.6 Å². The lowest BCUT2D eigenvalue weighted by Gasteiger charge is -2.41. The van der Waals surface area contributed by atoms with Gasteiger partial charge in [-0.25, -0.2) is 0 Å². The predicted molar refractivity (Wildman–Crippen MR) is 53.6 cm³/mol. The molecular weight excluding hydrogens is 214 g/mol. The SMILES string of the molecule is CC(=O)N1CC[C@@H]2O[C@H](CO)[C@H](O)[C@H](O)[C@H]21. The molecule has 1 amide bonds. The molecule has 0 bridgehead atoms. The molecule has 2 aliphatic heterocycles. The number of hydrogen-bond acceptors (Lipinski definition) is 5. The first-order chi connectivity index (χ1) is 7.56. The van der Waals surface area contributed by atoms with Crippen LogP contribution >= 0.6 is 0 Å². The Labute approximate surface area is 93.4 Å². The molecule has 16 heavy (non-hydrogen) atoms. The first-order valence-corrected chi connectivity index (χ1v) is 5.46. The minimum absolute atomic E-state index is 0.134. The monoisotopic (exact) mass is 231 g/mol. The fourth-order valence-corrected chi connectivity index (χ4v) is 2.59. The number of aliphatic hydroxyl groups is 3. The third-order valence-corrected chi connectivity index (χ3v) is 3.41. The Kier molecular flexibility index (Phi) is 3.16. The first-order valence-electron chi connectivity index (χ1n) is 5.46. The highest BCUT2D eigenvalue weighted by Crippen LogP contribution is 2.31. The van der Waals surface area contributed by atoms with Crippen molar-refractivity contribution in [1.29, 1.82) is 0 Å². The highest BCUT2D eigenvalue weighted by atomic mass is 16.5. The van der Waals surface area contributed by atoms with Gasteiger partial charge in [0.05, 0.1) is 18.8 Å². The topological polar surface area (TPSA) is 90.2 Å². The molecule has 0 radical (unpaired) electrons. The molecule has 2 saturated heterocycles. The average molecular weight is 231 g/mol. The molecule has 2 fully saturated rings. The van der Waals surface area contributed by atoms with Crippen molar-refractivity contribution < 1.29 is 24.9 Å². The van der Waals surface area contributed by atoms with Crippen molar-refractivity contribution in [1.82, 2.24) is 4.90 Å². The van der Waals surface area contributed by atoms with Crippen LogP contribution in [0.2, 0.25) is 0 Å². The van der Waals surface area contributed by atoms with Gasteiger partial charge in [0.2, 0.25) is 5.91 Å². The number of nitrogens with zero attached hydrogens (tertiary/aromatic N) is 1.